The number of hydrogen-bond donors (Lipinski definition) is 2. The standard InChI is InChI=1S/C16H17FN2O3/c1-21-9-11-3-5-14(22-11)16(20)19-13-4-2-10-8-18-7-6-12(10)15(13)17/h2-5,18H,6-9H2,1H3,(H,19,20). The number of amides is 1. The second-order valence-corrected chi connectivity index (χ2v) is 5.14. The quantitative estimate of drug-likeness (QED) is 0.911. The third kappa shape index (κ3) is 2.88. The molecule has 0 saturated heterocycles. The minimum Gasteiger partial charge on any atom is -0.453 e. The van der Waals surface area contributed by atoms with Crippen molar-refractivity contribution in [2.45, 2.75) is 19.6 Å². The number of furan rings is 1. The molecule has 3 rings (SSSR count). The highest BCUT2D eigenvalue weighted by Crippen LogP contribution is 2.25. The van der Waals surface area contributed by atoms with Gasteiger partial charge in [-0.15, -0.1) is 0 Å². The summed E-state index contributed by atoms with van der Waals surface area (Å²) in [6.45, 7) is 1.67. The number of carbonyl (C=O) groups excluding carboxylic acids is 1. The van der Waals surface area contributed by atoms with E-state index in [2.05, 4.69) is 10.6 Å². The SMILES string of the molecule is COCc1ccc(C(=O)Nc2ccc3c(c2F)CCNC3)o1. The Hall–Kier alpha value is -2.18. The molecule has 1 aromatic carbocycles. The second kappa shape index (κ2) is 6.29. The summed E-state index contributed by atoms with van der Waals surface area (Å²) in [5.41, 5.74) is 1.77. The summed E-state index contributed by atoms with van der Waals surface area (Å²) in [6, 6.07) is 6.62. The molecule has 0 saturated carbocycles. The summed E-state index contributed by atoms with van der Waals surface area (Å²) < 4.78 is 24.7. The van der Waals surface area contributed by atoms with Gasteiger partial charge in [-0.3, -0.25) is 4.79 Å². The van der Waals surface area contributed by atoms with Gasteiger partial charge >= 0.3 is 0 Å². The molecule has 1 aliphatic heterocycles. The number of fused-ring (bicyclic) bond motifs is 1. The normalized spacial score (nSPS) is 13.7. The molecule has 0 aliphatic carbocycles. The first-order chi connectivity index (χ1) is 10.7. The molecule has 6 heteroatoms. The number of hydrogen-bond acceptors (Lipinski definition) is 4. The first kappa shape index (κ1) is 14.7. The molecule has 0 atom stereocenters. The fraction of sp³-hybridized carbons (Fsp3) is 0.312. The molecule has 0 radical (unpaired) electrons. The van der Waals surface area contributed by atoms with E-state index < -0.39 is 5.91 Å². The van der Waals surface area contributed by atoms with Gasteiger partial charge in [0.15, 0.2) is 5.76 Å². The Morgan fingerprint density at radius 3 is 3.09 bits per heavy atom. The van der Waals surface area contributed by atoms with Crippen LogP contribution in [0.25, 0.3) is 0 Å². The minimum atomic E-state index is -0.477. The maximum atomic E-state index is 14.5. The molecule has 1 amide bonds. The van der Waals surface area contributed by atoms with Crippen molar-refractivity contribution >= 4 is 11.6 Å². The van der Waals surface area contributed by atoms with Crippen LogP contribution in [0.5, 0.6) is 0 Å². The number of ether oxygens (including phenoxy) is 1. The van der Waals surface area contributed by atoms with Gasteiger partial charge in [0.05, 0.1) is 5.69 Å². The lowest BCUT2D eigenvalue weighted by Crippen LogP contribution is -2.25. The molecule has 2 N–H and O–H groups in total. The van der Waals surface area contributed by atoms with Crippen molar-refractivity contribution in [3.8, 4) is 0 Å². The zero-order valence-corrected chi connectivity index (χ0v) is 12.2. The molecule has 0 unspecified atom stereocenters. The van der Waals surface area contributed by atoms with E-state index in [0.717, 1.165) is 12.1 Å². The number of methoxy groups -OCH3 is 1. The molecule has 0 bridgehead atoms. The Kier molecular flexibility index (Phi) is 4.22. The number of carbonyl (C=O) groups is 1. The average Bonchev–Trinajstić information content (AvgIpc) is 2.99. The molecular weight excluding hydrogens is 287 g/mol. The Bertz CT molecular complexity index is 697. The van der Waals surface area contributed by atoms with Gasteiger partial charge in [-0.2, -0.15) is 0 Å². The Morgan fingerprint density at radius 2 is 2.27 bits per heavy atom. The van der Waals surface area contributed by atoms with Gasteiger partial charge in [0.1, 0.15) is 18.2 Å². The third-order valence-corrected chi connectivity index (χ3v) is 3.63. The van der Waals surface area contributed by atoms with Crippen LogP contribution in [0.2, 0.25) is 0 Å². The number of anilines is 1. The lowest BCUT2D eigenvalue weighted by molar-refractivity contribution is 0.0987. The molecule has 0 spiro atoms. The van der Waals surface area contributed by atoms with E-state index in [-0.39, 0.29) is 23.9 Å². The second-order valence-electron chi connectivity index (χ2n) is 5.14. The zero-order chi connectivity index (χ0) is 15.5. The molecular formula is C16H17FN2O3. The maximum Gasteiger partial charge on any atom is 0.291 e. The summed E-state index contributed by atoms with van der Waals surface area (Å²) in [7, 11) is 1.54. The monoisotopic (exact) mass is 304 g/mol. The van der Waals surface area contributed by atoms with E-state index in [9.17, 15) is 9.18 Å². The van der Waals surface area contributed by atoms with Gasteiger partial charge in [0.25, 0.3) is 5.91 Å². The van der Waals surface area contributed by atoms with Crippen molar-refractivity contribution in [2.24, 2.45) is 0 Å². The third-order valence-electron chi connectivity index (χ3n) is 3.63. The van der Waals surface area contributed by atoms with Crippen LogP contribution < -0.4 is 10.6 Å². The summed E-state index contributed by atoms with van der Waals surface area (Å²) in [4.78, 5) is 12.1. The largest absolute Gasteiger partial charge is 0.453 e. The maximum absolute atomic E-state index is 14.5. The van der Waals surface area contributed by atoms with Crippen molar-refractivity contribution < 1.29 is 18.3 Å². The molecule has 22 heavy (non-hydrogen) atoms. The number of halogens is 1. The Balaban J connectivity index is 1.78. The topological polar surface area (TPSA) is 63.5 Å². The fourth-order valence-corrected chi connectivity index (χ4v) is 2.53. The van der Waals surface area contributed by atoms with E-state index in [1.807, 2.05) is 6.07 Å². The van der Waals surface area contributed by atoms with E-state index in [0.29, 0.717) is 24.3 Å². The van der Waals surface area contributed by atoms with Gasteiger partial charge in [-0.25, -0.2) is 4.39 Å². The molecule has 2 heterocycles. The first-order valence-corrected chi connectivity index (χ1v) is 7.09. The number of rotatable bonds is 4. The zero-order valence-electron chi connectivity index (χ0n) is 12.2. The van der Waals surface area contributed by atoms with E-state index in [4.69, 9.17) is 9.15 Å². The highest BCUT2D eigenvalue weighted by molar-refractivity contribution is 6.02. The van der Waals surface area contributed by atoms with Crippen LogP contribution in [0.4, 0.5) is 10.1 Å². The highest BCUT2D eigenvalue weighted by Gasteiger charge is 2.19. The van der Waals surface area contributed by atoms with Crippen LogP contribution in [0.15, 0.2) is 28.7 Å². The molecule has 116 valence electrons. The van der Waals surface area contributed by atoms with Crippen molar-refractivity contribution in [1.82, 2.24) is 5.32 Å². The van der Waals surface area contributed by atoms with Crippen LogP contribution >= 0.6 is 0 Å². The lowest BCUT2D eigenvalue weighted by Gasteiger charge is -2.19. The minimum absolute atomic E-state index is 0.130. The molecule has 1 aromatic heterocycles. The van der Waals surface area contributed by atoms with Crippen molar-refractivity contribution in [1.29, 1.82) is 0 Å². The van der Waals surface area contributed by atoms with E-state index in [1.54, 1.807) is 25.3 Å². The molecule has 5 nitrogen and oxygen atoms in total. The lowest BCUT2D eigenvalue weighted by atomic mass is 9.99. The van der Waals surface area contributed by atoms with Gasteiger partial charge < -0.3 is 19.8 Å². The fourth-order valence-electron chi connectivity index (χ4n) is 2.53. The van der Waals surface area contributed by atoms with Crippen LogP contribution in [-0.4, -0.2) is 19.6 Å². The smallest absolute Gasteiger partial charge is 0.291 e. The summed E-state index contributed by atoms with van der Waals surface area (Å²) >= 11 is 0. The van der Waals surface area contributed by atoms with Gasteiger partial charge in [-0.05, 0) is 42.3 Å². The summed E-state index contributed by atoms with van der Waals surface area (Å²) in [5.74, 6) is -0.165. The number of nitrogens with one attached hydrogen (secondary N) is 2. The molecule has 2 aromatic rings. The van der Waals surface area contributed by atoms with Crippen LogP contribution in [0.1, 0.15) is 27.4 Å². The molecule has 0 fully saturated rings. The van der Waals surface area contributed by atoms with Gasteiger partial charge in [0, 0.05) is 13.7 Å². The van der Waals surface area contributed by atoms with Crippen LogP contribution in [0.3, 0.4) is 0 Å². The van der Waals surface area contributed by atoms with E-state index in [1.165, 1.54) is 0 Å². The predicted octanol–water partition coefficient (Wildman–Crippen LogP) is 2.46. The predicted molar refractivity (Wildman–Crippen MR) is 79.2 cm³/mol. The summed E-state index contributed by atoms with van der Waals surface area (Å²) in [6.07, 6.45) is 0.615. The Labute approximate surface area is 127 Å². The van der Waals surface area contributed by atoms with Crippen molar-refractivity contribution in [3.05, 3.63) is 52.7 Å². The van der Waals surface area contributed by atoms with E-state index >= 15 is 0 Å². The van der Waals surface area contributed by atoms with Crippen molar-refractivity contribution in [3.63, 3.8) is 0 Å². The van der Waals surface area contributed by atoms with Gasteiger partial charge in [0.2, 0.25) is 0 Å². The van der Waals surface area contributed by atoms with Crippen molar-refractivity contribution in [2.75, 3.05) is 19.0 Å². The van der Waals surface area contributed by atoms with Crippen LogP contribution in [-0.2, 0) is 24.3 Å². The number of benzene rings is 1. The molecule has 1 aliphatic rings. The van der Waals surface area contributed by atoms with Crippen LogP contribution in [0, 0.1) is 5.82 Å². The highest BCUT2D eigenvalue weighted by atomic mass is 19.1. The average molecular weight is 304 g/mol. The first-order valence-electron chi connectivity index (χ1n) is 7.09. The Morgan fingerprint density at radius 1 is 1.41 bits per heavy atom. The van der Waals surface area contributed by atoms with Gasteiger partial charge in [-0.1, -0.05) is 6.07 Å². The summed E-state index contributed by atoms with van der Waals surface area (Å²) in [5, 5.41) is 5.75.